The molecule has 10 heteroatoms. The molecule has 0 radical (unpaired) electrons. The van der Waals surface area contributed by atoms with Crippen LogP contribution >= 0.6 is 0 Å². The third-order valence-corrected chi connectivity index (χ3v) is 5.75. The standard InChI is InChI=1S/C15H21N3O6S/c1-2-3-8-17(12-6-9-25(22,23)11-12)14(19)10-24-13-5-4-7-16-15(13)18(20)21/h4-5,7,12H,2-3,6,8-11H2,1H3/t12-/m1/s1. The molecule has 1 aromatic heterocycles. The lowest BCUT2D eigenvalue weighted by Crippen LogP contribution is -2.44. The van der Waals surface area contributed by atoms with Gasteiger partial charge in [-0.1, -0.05) is 13.3 Å². The van der Waals surface area contributed by atoms with Crippen LogP contribution in [0.4, 0.5) is 5.82 Å². The van der Waals surface area contributed by atoms with Gasteiger partial charge in [0.25, 0.3) is 5.91 Å². The van der Waals surface area contributed by atoms with E-state index in [2.05, 4.69) is 4.98 Å². The number of amides is 1. The molecule has 1 amide bonds. The summed E-state index contributed by atoms with van der Waals surface area (Å²) >= 11 is 0. The van der Waals surface area contributed by atoms with E-state index < -0.39 is 27.2 Å². The number of unbranched alkanes of at least 4 members (excludes halogenated alkanes) is 1. The zero-order valence-corrected chi connectivity index (χ0v) is 14.8. The van der Waals surface area contributed by atoms with Crippen LogP contribution in [0.2, 0.25) is 0 Å². The molecule has 138 valence electrons. The summed E-state index contributed by atoms with van der Waals surface area (Å²) in [7, 11) is -3.12. The van der Waals surface area contributed by atoms with Crippen LogP contribution in [-0.4, -0.2) is 59.8 Å². The molecule has 2 rings (SSSR count). The Morgan fingerprint density at radius 2 is 2.28 bits per heavy atom. The maximum Gasteiger partial charge on any atom is 0.406 e. The minimum atomic E-state index is -3.12. The van der Waals surface area contributed by atoms with Crippen molar-refractivity contribution in [2.45, 2.75) is 32.2 Å². The molecular formula is C15H21N3O6S. The number of carbonyl (C=O) groups is 1. The van der Waals surface area contributed by atoms with Crippen molar-refractivity contribution >= 4 is 21.6 Å². The van der Waals surface area contributed by atoms with E-state index in [-0.39, 0.29) is 29.2 Å². The highest BCUT2D eigenvalue weighted by molar-refractivity contribution is 7.91. The average molecular weight is 371 g/mol. The SMILES string of the molecule is CCCCN(C(=O)COc1cccnc1[N+](=O)[O-])[C@@H]1CCS(=O)(=O)C1. The van der Waals surface area contributed by atoms with Crippen LogP contribution in [0.25, 0.3) is 0 Å². The minimum Gasteiger partial charge on any atom is -0.476 e. The van der Waals surface area contributed by atoms with Gasteiger partial charge in [0, 0.05) is 12.6 Å². The Bertz CT molecular complexity index is 737. The molecule has 0 N–H and O–H groups in total. The highest BCUT2D eigenvalue weighted by atomic mass is 32.2. The number of hydrogen-bond acceptors (Lipinski definition) is 7. The lowest BCUT2D eigenvalue weighted by Gasteiger charge is -2.28. The topological polar surface area (TPSA) is 120 Å². The Morgan fingerprint density at radius 1 is 1.52 bits per heavy atom. The highest BCUT2D eigenvalue weighted by Gasteiger charge is 2.34. The number of ether oxygens (including phenoxy) is 1. The molecule has 1 aromatic rings. The van der Waals surface area contributed by atoms with Crippen molar-refractivity contribution in [3.8, 4) is 5.75 Å². The van der Waals surface area contributed by atoms with Gasteiger partial charge in [0.1, 0.15) is 6.20 Å². The van der Waals surface area contributed by atoms with E-state index in [4.69, 9.17) is 4.74 Å². The quantitative estimate of drug-likeness (QED) is 0.497. The molecule has 0 saturated carbocycles. The first-order valence-corrected chi connectivity index (χ1v) is 9.88. The second kappa shape index (κ2) is 8.24. The first-order chi connectivity index (χ1) is 11.8. The van der Waals surface area contributed by atoms with Gasteiger partial charge in [0.2, 0.25) is 5.75 Å². The largest absolute Gasteiger partial charge is 0.476 e. The average Bonchev–Trinajstić information content (AvgIpc) is 2.93. The molecule has 0 spiro atoms. The fraction of sp³-hybridized carbons (Fsp3) is 0.600. The summed E-state index contributed by atoms with van der Waals surface area (Å²) < 4.78 is 28.7. The first kappa shape index (κ1) is 19.1. The minimum absolute atomic E-state index is 0.0461. The molecule has 25 heavy (non-hydrogen) atoms. The maximum atomic E-state index is 12.5. The van der Waals surface area contributed by atoms with Crippen LogP contribution in [0, 0.1) is 10.1 Å². The first-order valence-electron chi connectivity index (χ1n) is 8.06. The lowest BCUT2D eigenvalue weighted by atomic mass is 10.2. The van der Waals surface area contributed by atoms with E-state index in [1.54, 1.807) is 0 Å². The maximum absolute atomic E-state index is 12.5. The second-order valence-corrected chi connectivity index (χ2v) is 8.10. The van der Waals surface area contributed by atoms with Crippen LogP contribution < -0.4 is 4.74 Å². The number of aromatic nitrogens is 1. The van der Waals surface area contributed by atoms with E-state index in [9.17, 15) is 23.3 Å². The summed E-state index contributed by atoms with van der Waals surface area (Å²) in [5, 5.41) is 10.9. The zero-order chi connectivity index (χ0) is 18.4. The fourth-order valence-electron chi connectivity index (χ4n) is 2.71. The van der Waals surface area contributed by atoms with Crippen LogP contribution in [0.1, 0.15) is 26.2 Å². The van der Waals surface area contributed by atoms with Crippen LogP contribution in [0.5, 0.6) is 5.75 Å². The summed E-state index contributed by atoms with van der Waals surface area (Å²) in [6.45, 7) is 2.02. The number of rotatable bonds is 8. The molecule has 2 heterocycles. The monoisotopic (exact) mass is 371 g/mol. The third kappa shape index (κ3) is 5.12. The second-order valence-electron chi connectivity index (χ2n) is 5.87. The van der Waals surface area contributed by atoms with Crippen molar-refractivity contribution in [3.05, 3.63) is 28.4 Å². The summed E-state index contributed by atoms with van der Waals surface area (Å²) in [4.78, 5) is 27.9. The van der Waals surface area contributed by atoms with Gasteiger partial charge < -0.3 is 19.8 Å². The molecular weight excluding hydrogens is 350 g/mol. The summed E-state index contributed by atoms with van der Waals surface area (Å²) in [6, 6.07) is 2.48. The van der Waals surface area contributed by atoms with Gasteiger partial charge in [0.05, 0.1) is 11.5 Å². The predicted molar refractivity (Wildman–Crippen MR) is 90.1 cm³/mol. The van der Waals surface area contributed by atoms with Crippen molar-refractivity contribution in [1.82, 2.24) is 9.88 Å². The molecule has 1 fully saturated rings. The molecule has 9 nitrogen and oxygen atoms in total. The molecule has 1 saturated heterocycles. The lowest BCUT2D eigenvalue weighted by molar-refractivity contribution is -0.390. The van der Waals surface area contributed by atoms with E-state index in [1.807, 2.05) is 6.92 Å². The van der Waals surface area contributed by atoms with Crippen molar-refractivity contribution in [2.75, 3.05) is 24.7 Å². The van der Waals surface area contributed by atoms with E-state index in [1.165, 1.54) is 23.2 Å². The normalized spacial score (nSPS) is 18.7. The summed E-state index contributed by atoms with van der Waals surface area (Å²) in [6.07, 6.45) is 3.28. The number of carbonyl (C=O) groups excluding carboxylic acids is 1. The van der Waals surface area contributed by atoms with E-state index >= 15 is 0 Å². The Morgan fingerprint density at radius 3 is 2.88 bits per heavy atom. The van der Waals surface area contributed by atoms with Gasteiger partial charge in [-0.3, -0.25) is 4.79 Å². The number of nitrogens with zero attached hydrogens (tertiary/aromatic N) is 3. The number of sulfone groups is 1. The summed E-state index contributed by atoms with van der Waals surface area (Å²) in [5.41, 5.74) is 0. The Hall–Kier alpha value is -2.23. The summed E-state index contributed by atoms with van der Waals surface area (Å²) in [5.74, 6) is -0.902. The molecule has 0 aliphatic carbocycles. The van der Waals surface area contributed by atoms with Crippen LogP contribution in [-0.2, 0) is 14.6 Å². The van der Waals surface area contributed by atoms with Crippen molar-refractivity contribution < 1.29 is 22.9 Å². The Labute approximate surface area is 146 Å². The third-order valence-electron chi connectivity index (χ3n) is 4.00. The van der Waals surface area contributed by atoms with Crippen LogP contribution in [0.3, 0.4) is 0 Å². The predicted octanol–water partition coefficient (Wildman–Crippen LogP) is 1.18. The van der Waals surface area contributed by atoms with Gasteiger partial charge in [0.15, 0.2) is 16.4 Å². The molecule has 1 aliphatic heterocycles. The van der Waals surface area contributed by atoms with E-state index in [0.717, 1.165) is 12.8 Å². The molecule has 0 bridgehead atoms. The van der Waals surface area contributed by atoms with Crippen LogP contribution in [0.15, 0.2) is 18.3 Å². The molecule has 1 atom stereocenters. The zero-order valence-electron chi connectivity index (χ0n) is 14.0. The fourth-order valence-corrected chi connectivity index (χ4v) is 4.45. The number of nitro groups is 1. The number of pyridine rings is 1. The highest BCUT2D eigenvalue weighted by Crippen LogP contribution is 2.23. The number of hydrogen-bond donors (Lipinski definition) is 0. The molecule has 0 unspecified atom stereocenters. The Balaban J connectivity index is 2.06. The Kier molecular flexibility index (Phi) is 6.29. The van der Waals surface area contributed by atoms with Gasteiger partial charge >= 0.3 is 5.82 Å². The van der Waals surface area contributed by atoms with Gasteiger partial charge in [-0.2, -0.15) is 0 Å². The molecule has 0 aromatic carbocycles. The smallest absolute Gasteiger partial charge is 0.406 e. The van der Waals surface area contributed by atoms with Gasteiger partial charge in [-0.05, 0) is 34.9 Å². The van der Waals surface area contributed by atoms with Gasteiger partial charge in [-0.15, -0.1) is 0 Å². The van der Waals surface area contributed by atoms with Crippen molar-refractivity contribution in [1.29, 1.82) is 0 Å². The van der Waals surface area contributed by atoms with Crippen molar-refractivity contribution in [3.63, 3.8) is 0 Å². The van der Waals surface area contributed by atoms with Gasteiger partial charge in [-0.25, -0.2) is 8.42 Å². The van der Waals surface area contributed by atoms with Crippen molar-refractivity contribution in [2.24, 2.45) is 0 Å². The van der Waals surface area contributed by atoms with E-state index in [0.29, 0.717) is 13.0 Å². The molecule has 1 aliphatic rings.